The van der Waals surface area contributed by atoms with Crippen molar-refractivity contribution in [2.75, 3.05) is 13.2 Å². The van der Waals surface area contributed by atoms with Gasteiger partial charge in [0.2, 0.25) is 5.91 Å². The molecule has 0 aromatic rings. The predicted molar refractivity (Wildman–Crippen MR) is 192 cm³/mol. The second-order valence-electron chi connectivity index (χ2n) is 12.8. The molecular formula is C38H80N2O4. The Labute approximate surface area is 275 Å². The Hall–Kier alpha value is -1.14. The SMILES string of the molecule is CCCCCCCCCCCCCCCCCC(=O)O.CCCCCCCCCCCCCCCCCC(N)=O.NCCO. The minimum absolute atomic E-state index is 0.0972. The third-order valence-electron chi connectivity index (χ3n) is 8.15. The number of aliphatic hydroxyl groups is 1. The molecule has 0 unspecified atom stereocenters. The minimum atomic E-state index is -0.653. The van der Waals surface area contributed by atoms with E-state index in [1.165, 1.54) is 173 Å². The molecule has 0 radical (unpaired) electrons. The zero-order valence-corrected chi connectivity index (χ0v) is 29.9. The van der Waals surface area contributed by atoms with Gasteiger partial charge in [-0.2, -0.15) is 0 Å². The number of aliphatic carboxylic acids is 1. The van der Waals surface area contributed by atoms with Crippen LogP contribution in [0.15, 0.2) is 0 Å². The first kappa shape index (κ1) is 47.3. The number of rotatable bonds is 33. The number of hydrogen-bond donors (Lipinski definition) is 4. The summed E-state index contributed by atoms with van der Waals surface area (Å²) in [5.41, 5.74) is 9.89. The van der Waals surface area contributed by atoms with Gasteiger partial charge in [-0.15, -0.1) is 0 Å². The van der Waals surface area contributed by atoms with E-state index in [9.17, 15) is 9.59 Å². The van der Waals surface area contributed by atoms with Crippen molar-refractivity contribution in [2.24, 2.45) is 11.5 Å². The fourth-order valence-corrected chi connectivity index (χ4v) is 5.32. The summed E-state index contributed by atoms with van der Waals surface area (Å²) in [5.74, 6) is -0.806. The molecule has 44 heavy (non-hydrogen) atoms. The zero-order chi connectivity index (χ0) is 33.2. The smallest absolute Gasteiger partial charge is 0.303 e. The molecule has 0 aliphatic heterocycles. The van der Waals surface area contributed by atoms with E-state index in [-0.39, 0.29) is 12.5 Å². The Morgan fingerprint density at radius 2 is 0.636 bits per heavy atom. The van der Waals surface area contributed by atoms with E-state index < -0.39 is 5.97 Å². The second kappa shape index (κ2) is 46.3. The maximum Gasteiger partial charge on any atom is 0.303 e. The van der Waals surface area contributed by atoms with Gasteiger partial charge in [0.05, 0.1) is 6.61 Å². The number of hydrogen-bond acceptors (Lipinski definition) is 4. The number of nitrogens with two attached hydrogens (primary N) is 2. The number of carboxylic acids is 1. The Morgan fingerprint density at radius 3 is 0.818 bits per heavy atom. The van der Waals surface area contributed by atoms with E-state index >= 15 is 0 Å². The van der Waals surface area contributed by atoms with Crippen molar-refractivity contribution in [3.05, 3.63) is 0 Å². The molecule has 0 atom stereocenters. The van der Waals surface area contributed by atoms with Gasteiger partial charge < -0.3 is 21.7 Å². The van der Waals surface area contributed by atoms with Crippen LogP contribution in [-0.4, -0.2) is 35.2 Å². The standard InChI is InChI=1S/C18H37NO.C18H36O2.C2H7NO/c2*1-2-3-4-5-6-7-8-9-10-11-12-13-14-15-16-17-18(19)20;3-1-2-4/h2-17H2,1H3,(H2,19,20);2-17H2,1H3,(H,19,20);4H,1-3H2. The summed E-state index contributed by atoms with van der Waals surface area (Å²) in [6.45, 7) is 5.02. The van der Waals surface area contributed by atoms with E-state index in [1.54, 1.807) is 0 Å². The maximum absolute atomic E-state index is 10.6. The highest BCUT2D eigenvalue weighted by Crippen LogP contribution is 2.15. The van der Waals surface area contributed by atoms with Crippen LogP contribution in [0.2, 0.25) is 0 Å². The summed E-state index contributed by atoms with van der Waals surface area (Å²) in [5, 5.41) is 16.3. The molecule has 0 saturated carbocycles. The Bertz CT molecular complexity index is 485. The van der Waals surface area contributed by atoms with E-state index in [2.05, 4.69) is 13.8 Å². The monoisotopic (exact) mass is 629 g/mol. The molecule has 0 heterocycles. The van der Waals surface area contributed by atoms with Gasteiger partial charge in [0.25, 0.3) is 0 Å². The number of carbonyl (C=O) groups excluding carboxylic acids is 1. The summed E-state index contributed by atoms with van der Waals surface area (Å²) in [4.78, 5) is 20.9. The molecule has 0 aromatic heterocycles. The summed E-state index contributed by atoms with van der Waals surface area (Å²) in [7, 11) is 0. The van der Waals surface area contributed by atoms with Crippen LogP contribution in [0.4, 0.5) is 0 Å². The molecule has 6 nitrogen and oxygen atoms in total. The topological polar surface area (TPSA) is 127 Å². The van der Waals surface area contributed by atoms with Crippen LogP contribution in [0.1, 0.15) is 219 Å². The summed E-state index contributed by atoms with van der Waals surface area (Å²) in [6, 6.07) is 0. The van der Waals surface area contributed by atoms with Gasteiger partial charge in [-0.3, -0.25) is 9.59 Å². The molecule has 0 bridgehead atoms. The molecule has 6 heteroatoms. The Morgan fingerprint density at radius 1 is 0.432 bits per heavy atom. The number of amides is 1. The van der Waals surface area contributed by atoms with Crippen LogP contribution in [-0.2, 0) is 9.59 Å². The summed E-state index contributed by atoms with van der Waals surface area (Å²) < 4.78 is 0. The first-order valence-corrected chi connectivity index (χ1v) is 19.3. The zero-order valence-electron chi connectivity index (χ0n) is 29.9. The lowest BCUT2D eigenvalue weighted by Gasteiger charge is -2.03. The fourth-order valence-electron chi connectivity index (χ4n) is 5.32. The average molecular weight is 629 g/mol. The van der Waals surface area contributed by atoms with Gasteiger partial charge in [-0.25, -0.2) is 0 Å². The normalized spacial score (nSPS) is 10.5. The van der Waals surface area contributed by atoms with Crippen molar-refractivity contribution >= 4 is 11.9 Å². The van der Waals surface area contributed by atoms with E-state index in [4.69, 9.17) is 21.7 Å². The number of aliphatic hydroxyl groups excluding tert-OH is 1. The molecular weight excluding hydrogens is 548 g/mol. The minimum Gasteiger partial charge on any atom is -0.481 e. The quantitative estimate of drug-likeness (QED) is 0.0538. The highest BCUT2D eigenvalue weighted by Gasteiger charge is 1.98. The largest absolute Gasteiger partial charge is 0.481 e. The van der Waals surface area contributed by atoms with E-state index in [1.807, 2.05) is 0 Å². The first-order chi connectivity index (χ1) is 21.5. The van der Waals surface area contributed by atoms with Gasteiger partial charge in [0.1, 0.15) is 0 Å². The highest BCUT2D eigenvalue weighted by atomic mass is 16.4. The molecule has 0 saturated heterocycles. The molecule has 0 aliphatic rings. The lowest BCUT2D eigenvalue weighted by atomic mass is 10.0. The first-order valence-electron chi connectivity index (χ1n) is 19.3. The molecule has 0 spiro atoms. The van der Waals surface area contributed by atoms with Crippen LogP contribution >= 0.6 is 0 Å². The number of carboxylic acid groups (broad SMARTS) is 1. The van der Waals surface area contributed by atoms with Crippen molar-refractivity contribution in [2.45, 2.75) is 219 Å². The van der Waals surface area contributed by atoms with Crippen molar-refractivity contribution in [1.82, 2.24) is 0 Å². The summed E-state index contributed by atoms with van der Waals surface area (Å²) in [6.07, 6.45) is 41.1. The molecule has 0 rings (SSSR count). The van der Waals surface area contributed by atoms with Crippen LogP contribution in [0.3, 0.4) is 0 Å². The third-order valence-corrected chi connectivity index (χ3v) is 8.15. The maximum atomic E-state index is 10.6. The van der Waals surface area contributed by atoms with Gasteiger partial charge in [0, 0.05) is 19.4 Å². The third kappa shape index (κ3) is 56.6. The molecule has 0 aromatic carbocycles. The van der Waals surface area contributed by atoms with Crippen LogP contribution in [0.25, 0.3) is 0 Å². The van der Waals surface area contributed by atoms with Gasteiger partial charge >= 0.3 is 5.97 Å². The van der Waals surface area contributed by atoms with Gasteiger partial charge in [-0.05, 0) is 12.8 Å². The lowest BCUT2D eigenvalue weighted by Crippen LogP contribution is -2.09. The fraction of sp³-hybridized carbons (Fsp3) is 0.947. The van der Waals surface area contributed by atoms with Crippen molar-refractivity contribution < 1.29 is 19.8 Å². The molecule has 0 fully saturated rings. The molecule has 266 valence electrons. The van der Waals surface area contributed by atoms with E-state index in [0.29, 0.717) is 19.4 Å². The highest BCUT2D eigenvalue weighted by molar-refractivity contribution is 5.73. The molecule has 6 N–H and O–H groups in total. The van der Waals surface area contributed by atoms with Crippen LogP contribution in [0.5, 0.6) is 0 Å². The summed E-state index contributed by atoms with van der Waals surface area (Å²) >= 11 is 0. The Balaban J connectivity index is -0.000000680. The van der Waals surface area contributed by atoms with E-state index in [0.717, 1.165) is 19.3 Å². The molecule has 0 aliphatic carbocycles. The lowest BCUT2D eigenvalue weighted by molar-refractivity contribution is -0.137. The van der Waals surface area contributed by atoms with Crippen molar-refractivity contribution in [1.29, 1.82) is 0 Å². The Kier molecular flexibility index (Phi) is 49.7. The predicted octanol–water partition coefficient (Wildman–Crippen LogP) is 11.0. The van der Waals surface area contributed by atoms with Crippen molar-refractivity contribution in [3.8, 4) is 0 Å². The van der Waals surface area contributed by atoms with Gasteiger partial charge in [-0.1, -0.05) is 194 Å². The average Bonchev–Trinajstić information content (AvgIpc) is 3.01. The van der Waals surface area contributed by atoms with Crippen molar-refractivity contribution in [3.63, 3.8) is 0 Å². The number of unbranched alkanes of at least 4 members (excludes halogenated alkanes) is 28. The van der Waals surface area contributed by atoms with Gasteiger partial charge in [0.15, 0.2) is 0 Å². The molecule has 1 amide bonds. The van der Waals surface area contributed by atoms with Crippen LogP contribution < -0.4 is 11.5 Å². The number of carbonyl (C=O) groups is 2. The van der Waals surface area contributed by atoms with Crippen LogP contribution in [0, 0.1) is 0 Å². The number of primary amides is 1. The second-order valence-corrected chi connectivity index (χ2v) is 12.8.